The Balaban J connectivity index is 1.87. The summed E-state index contributed by atoms with van der Waals surface area (Å²) >= 11 is 0. The van der Waals surface area contributed by atoms with E-state index in [2.05, 4.69) is 14.9 Å². The summed E-state index contributed by atoms with van der Waals surface area (Å²) in [6.07, 6.45) is 4.93. The van der Waals surface area contributed by atoms with Crippen LogP contribution in [0.3, 0.4) is 0 Å². The predicted octanol–water partition coefficient (Wildman–Crippen LogP) is 2.08. The quantitative estimate of drug-likeness (QED) is 0.885. The molecule has 2 atom stereocenters. The van der Waals surface area contributed by atoms with Crippen LogP contribution in [-0.2, 0) is 0 Å². The zero-order valence-corrected chi connectivity index (χ0v) is 11.9. The molecule has 1 aromatic rings. The van der Waals surface area contributed by atoms with Crippen LogP contribution in [0.5, 0.6) is 0 Å². The van der Waals surface area contributed by atoms with Crippen molar-refractivity contribution in [2.24, 2.45) is 11.3 Å². The van der Waals surface area contributed by atoms with Crippen LogP contribution in [0.15, 0.2) is 6.07 Å². The second-order valence-electron chi connectivity index (χ2n) is 6.29. The lowest BCUT2D eigenvalue weighted by Crippen LogP contribution is -2.37. The summed E-state index contributed by atoms with van der Waals surface area (Å²) in [6.45, 7) is 6.26. The largest absolute Gasteiger partial charge is 0.396 e. The molecule has 1 aliphatic carbocycles. The molecule has 104 valence electrons. The maximum Gasteiger partial charge on any atom is 0.225 e. The van der Waals surface area contributed by atoms with Gasteiger partial charge in [0, 0.05) is 29.9 Å². The van der Waals surface area contributed by atoms with Gasteiger partial charge in [-0.05, 0) is 38.7 Å². The molecule has 4 heteroatoms. The van der Waals surface area contributed by atoms with Crippen LogP contribution in [0.2, 0.25) is 0 Å². The number of aliphatic hydroxyl groups excluding tert-OH is 1. The first-order valence-corrected chi connectivity index (χ1v) is 7.31. The Bertz CT molecular complexity index is 456. The van der Waals surface area contributed by atoms with Crippen LogP contribution in [0.4, 0.5) is 5.95 Å². The number of hydrogen-bond donors (Lipinski definition) is 1. The van der Waals surface area contributed by atoms with E-state index in [4.69, 9.17) is 0 Å². The molecule has 4 nitrogen and oxygen atoms in total. The van der Waals surface area contributed by atoms with Gasteiger partial charge in [0.1, 0.15) is 0 Å². The van der Waals surface area contributed by atoms with Crippen molar-refractivity contribution < 1.29 is 5.11 Å². The molecule has 2 unspecified atom stereocenters. The number of fused-ring (bicyclic) bond motifs is 1. The van der Waals surface area contributed by atoms with E-state index in [-0.39, 0.29) is 5.41 Å². The van der Waals surface area contributed by atoms with Crippen LogP contribution in [0.1, 0.15) is 37.1 Å². The fourth-order valence-electron chi connectivity index (χ4n) is 3.84. The topological polar surface area (TPSA) is 49.2 Å². The van der Waals surface area contributed by atoms with Gasteiger partial charge >= 0.3 is 0 Å². The monoisotopic (exact) mass is 261 g/mol. The lowest BCUT2D eigenvalue weighted by molar-refractivity contribution is 0.0626. The maximum atomic E-state index is 9.86. The van der Waals surface area contributed by atoms with Gasteiger partial charge in [-0.25, -0.2) is 9.97 Å². The van der Waals surface area contributed by atoms with E-state index in [1.54, 1.807) is 0 Å². The van der Waals surface area contributed by atoms with Gasteiger partial charge in [-0.15, -0.1) is 0 Å². The Morgan fingerprint density at radius 3 is 2.68 bits per heavy atom. The molecule has 0 bridgehead atoms. The van der Waals surface area contributed by atoms with Crippen molar-refractivity contribution in [1.29, 1.82) is 0 Å². The minimum absolute atomic E-state index is 0.0965. The molecule has 1 N–H and O–H groups in total. The molecule has 2 heterocycles. The molecule has 2 aliphatic rings. The lowest BCUT2D eigenvalue weighted by atomic mass is 9.69. The molecule has 0 radical (unpaired) electrons. The van der Waals surface area contributed by atoms with Gasteiger partial charge in [-0.3, -0.25) is 0 Å². The molecule has 0 spiro atoms. The summed E-state index contributed by atoms with van der Waals surface area (Å²) in [6, 6.07) is 2.01. The zero-order chi connectivity index (χ0) is 13.5. The predicted molar refractivity (Wildman–Crippen MR) is 75.2 cm³/mol. The van der Waals surface area contributed by atoms with Gasteiger partial charge in [-0.2, -0.15) is 0 Å². The molecule has 2 fully saturated rings. The number of aryl methyl sites for hydroxylation is 2. The minimum Gasteiger partial charge on any atom is -0.396 e. The summed E-state index contributed by atoms with van der Waals surface area (Å²) < 4.78 is 0. The summed E-state index contributed by atoms with van der Waals surface area (Å²) in [5, 5.41) is 9.86. The summed E-state index contributed by atoms with van der Waals surface area (Å²) in [4.78, 5) is 11.4. The highest BCUT2D eigenvalue weighted by atomic mass is 16.3. The van der Waals surface area contributed by atoms with E-state index in [0.717, 1.165) is 36.8 Å². The van der Waals surface area contributed by atoms with Crippen molar-refractivity contribution in [1.82, 2.24) is 9.97 Å². The van der Waals surface area contributed by atoms with Gasteiger partial charge in [-0.1, -0.05) is 12.8 Å². The second kappa shape index (κ2) is 4.75. The van der Waals surface area contributed by atoms with Crippen molar-refractivity contribution >= 4 is 5.95 Å². The number of rotatable bonds is 2. The third kappa shape index (κ3) is 2.22. The lowest BCUT2D eigenvalue weighted by Gasteiger charge is -2.36. The molecular weight excluding hydrogens is 238 g/mol. The number of hydrogen-bond acceptors (Lipinski definition) is 4. The molecule has 0 amide bonds. The van der Waals surface area contributed by atoms with E-state index in [1.807, 2.05) is 19.9 Å². The van der Waals surface area contributed by atoms with Gasteiger partial charge in [0.15, 0.2) is 0 Å². The normalized spacial score (nSPS) is 30.5. The second-order valence-corrected chi connectivity index (χ2v) is 6.29. The molecule has 0 aromatic carbocycles. The van der Waals surface area contributed by atoms with Crippen molar-refractivity contribution in [3.05, 3.63) is 17.5 Å². The van der Waals surface area contributed by atoms with Crippen LogP contribution < -0.4 is 4.90 Å². The van der Waals surface area contributed by atoms with E-state index in [0.29, 0.717) is 12.5 Å². The Labute approximate surface area is 114 Å². The van der Waals surface area contributed by atoms with Gasteiger partial charge in [0.05, 0.1) is 6.61 Å². The highest BCUT2D eigenvalue weighted by Crippen LogP contribution is 2.46. The van der Waals surface area contributed by atoms with Crippen LogP contribution in [0, 0.1) is 25.2 Å². The maximum absolute atomic E-state index is 9.86. The van der Waals surface area contributed by atoms with Gasteiger partial charge in [0.25, 0.3) is 0 Å². The minimum atomic E-state index is 0.0965. The molecular formula is C15H23N3O. The number of nitrogens with zero attached hydrogens (tertiary/aromatic N) is 3. The fourth-order valence-corrected chi connectivity index (χ4v) is 3.84. The highest BCUT2D eigenvalue weighted by molar-refractivity contribution is 5.35. The van der Waals surface area contributed by atoms with E-state index in [1.165, 1.54) is 19.3 Å². The Hall–Kier alpha value is -1.16. The molecule has 1 saturated heterocycles. The van der Waals surface area contributed by atoms with Crippen LogP contribution in [0.25, 0.3) is 0 Å². The van der Waals surface area contributed by atoms with Crippen molar-refractivity contribution in [3.8, 4) is 0 Å². The molecule has 3 rings (SSSR count). The number of aliphatic hydroxyl groups is 1. The van der Waals surface area contributed by atoms with Crippen molar-refractivity contribution in [2.75, 3.05) is 24.6 Å². The van der Waals surface area contributed by atoms with Crippen molar-refractivity contribution in [2.45, 2.75) is 39.5 Å². The standard InChI is InChI=1S/C15H23N3O/c1-11-7-12(2)17-14(16-11)18-8-13-5-3-4-6-15(13,9-18)10-19/h7,13,19H,3-6,8-10H2,1-2H3. The molecule has 1 saturated carbocycles. The molecule has 19 heavy (non-hydrogen) atoms. The first kappa shape index (κ1) is 12.9. The zero-order valence-electron chi connectivity index (χ0n) is 11.9. The third-order valence-corrected chi connectivity index (χ3v) is 4.86. The van der Waals surface area contributed by atoms with E-state index >= 15 is 0 Å². The first-order chi connectivity index (χ1) is 9.13. The number of anilines is 1. The SMILES string of the molecule is Cc1cc(C)nc(N2CC3CCCCC3(CO)C2)n1. The highest BCUT2D eigenvalue weighted by Gasteiger charge is 2.47. The summed E-state index contributed by atoms with van der Waals surface area (Å²) in [5.74, 6) is 1.45. The Kier molecular flexibility index (Phi) is 3.21. The summed E-state index contributed by atoms with van der Waals surface area (Å²) in [5.41, 5.74) is 2.14. The van der Waals surface area contributed by atoms with E-state index in [9.17, 15) is 5.11 Å². The Morgan fingerprint density at radius 2 is 2.05 bits per heavy atom. The van der Waals surface area contributed by atoms with Gasteiger partial charge < -0.3 is 10.0 Å². The van der Waals surface area contributed by atoms with Crippen LogP contribution >= 0.6 is 0 Å². The van der Waals surface area contributed by atoms with E-state index < -0.39 is 0 Å². The third-order valence-electron chi connectivity index (χ3n) is 4.86. The average molecular weight is 261 g/mol. The van der Waals surface area contributed by atoms with Gasteiger partial charge in [0.2, 0.25) is 5.95 Å². The van der Waals surface area contributed by atoms with Crippen molar-refractivity contribution in [3.63, 3.8) is 0 Å². The summed E-state index contributed by atoms with van der Waals surface area (Å²) in [7, 11) is 0. The molecule has 1 aliphatic heterocycles. The smallest absolute Gasteiger partial charge is 0.225 e. The van der Waals surface area contributed by atoms with Crippen LogP contribution in [-0.4, -0.2) is 34.8 Å². The fraction of sp³-hybridized carbons (Fsp3) is 0.733. The first-order valence-electron chi connectivity index (χ1n) is 7.31. The number of aromatic nitrogens is 2. The molecule has 1 aromatic heterocycles. The Morgan fingerprint density at radius 1 is 1.32 bits per heavy atom. The average Bonchev–Trinajstić information content (AvgIpc) is 2.77.